The molecule has 0 fully saturated rings. The number of carbonyl (C=O) groups excluding carboxylic acids is 1. The molecule has 0 N–H and O–H groups in total. The van der Waals surface area contributed by atoms with E-state index in [4.69, 9.17) is 0 Å². The second-order valence-corrected chi connectivity index (χ2v) is 6.09. The molecule has 0 unspecified atom stereocenters. The number of thiophene rings is 1. The minimum absolute atomic E-state index is 0.226. The van der Waals surface area contributed by atoms with Gasteiger partial charge in [-0.1, -0.05) is 13.8 Å². The molecule has 0 saturated heterocycles. The van der Waals surface area contributed by atoms with E-state index in [9.17, 15) is 4.79 Å². The monoisotopic (exact) mass is 292 g/mol. The number of Topliss-reactive ketones (excluding diaryl/α,β-unsaturated/α-hetero) is 1. The number of ketones is 1. The van der Waals surface area contributed by atoms with Gasteiger partial charge in [0.05, 0.1) is 5.75 Å². The zero-order valence-corrected chi connectivity index (χ0v) is 11.5. The fourth-order valence-corrected chi connectivity index (χ4v) is 3.40. The van der Waals surface area contributed by atoms with E-state index in [2.05, 4.69) is 29.8 Å². The topological polar surface area (TPSA) is 17.1 Å². The van der Waals surface area contributed by atoms with Gasteiger partial charge in [0.15, 0.2) is 5.78 Å². The van der Waals surface area contributed by atoms with Gasteiger partial charge in [0, 0.05) is 20.8 Å². The maximum Gasteiger partial charge on any atom is 0.174 e. The Balaban J connectivity index is 2.40. The van der Waals surface area contributed by atoms with E-state index in [1.807, 2.05) is 10.8 Å². The van der Waals surface area contributed by atoms with Crippen LogP contribution in [0.2, 0.25) is 0 Å². The van der Waals surface area contributed by atoms with E-state index in [-0.39, 0.29) is 5.78 Å². The number of hydrogen-bond donors (Lipinski definition) is 0. The molecular weight excluding hydrogens is 280 g/mol. The summed E-state index contributed by atoms with van der Waals surface area (Å²) in [5, 5.41) is 3.85. The Labute approximate surface area is 101 Å². The van der Waals surface area contributed by atoms with Gasteiger partial charge >= 0.3 is 0 Å². The molecule has 0 aromatic carbocycles. The van der Waals surface area contributed by atoms with Crippen molar-refractivity contribution in [3.8, 4) is 0 Å². The van der Waals surface area contributed by atoms with E-state index in [1.165, 1.54) is 0 Å². The minimum Gasteiger partial charge on any atom is -0.293 e. The summed E-state index contributed by atoms with van der Waals surface area (Å²) < 4.78 is 0.928. The second kappa shape index (κ2) is 5.93. The number of hydrogen-bond acceptors (Lipinski definition) is 3. The summed E-state index contributed by atoms with van der Waals surface area (Å²) in [7, 11) is 0. The van der Waals surface area contributed by atoms with Crippen LogP contribution in [-0.2, 0) is 0 Å². The van der Waals surface area contributed by atoms with Crippen molar-refractivity contribution in [2.75, 3.05) is 11.5 Å². The van der Waals surface area contributed by atoms with Crippen molar-refractivity contribution in [1.29, 1.82) is 0 Å². The van der Waals surface area contributed by atoms with Crippen LogP contribution in [0.1, 0.15) is 24.2 Å². The fourth-order valence-electron chi connectivity index (χ4n) is 0.946. The summed E-state index contributed by atoms with van der Waals surface area (Å²) in [5.41, 5.74) is 0.825. The van der Waals surface area contributed by atoms with Gasteiger partial charge in [0.1, 0.15) is 0 Å². The zero-order valence-electron chi connectivity index (χ0n) is 8.25. The first-order valence-corrected chi connectivity index (χ1v) is 7.33. The van der Waals surface area contributed by atoms with Crippen molar-refractivity contribution in [3.63, 3.8) is 0 Å². The van der Waals surface area contributed by atoms with E-state index in [0.29, 0.717) is 11.7 Å². The molecule has 0 radical (unpaired) electrons. The Hall–Kier alpha value is 0.200. The van der Waals surface area contributed by atoms with Crippen LogP contribution in [0.3, 0.4) is 0 Å². The van der Waals surface area contributed by atoms with Gasteiger partial charge in [-0.15, -0.1) is 0 Å². The third-order valence-corrected chi connectivity index (χ3v) is 4.67. The smallest absolute Gasteiger partial charge is 0.174 e. The summed E-state index contributed by atoms with van der Waals surface area (Å²) in [5.74, 6) is 2.52. The van der Waals surface area contributed by atoms with Crippen molar-refractivity contribution in [1.82, 2.24) is 0 Å². The van der Waals surface area contributed by atoms with Gasteiger partial charge in [-0.05, 0) is 27.6 Å². The number of halogens is 1. The Morgan fingerprint density at radius 1 is 1.57 bits per heavy atom. The highest BCUT2D eigenvalue weighted by Crippen LogP contribution is 2.23. The molecule has 0 bridgehead atoms. The van der Waals surface area contributed by atoms with Crippen molar-refractivity contribution < 1.29 is 4.79 Å². The molecular formula is C10H13BrOS2. The molecule has 1 heterocycles. The molecule has 0 saturated carbocycles. The molecule has 0 amide bonds. The predicted molar refractivity (Wildman–Crippen MR) is 68.5 cm³/mol. The van der Waals surface area contributed by atoms with Crippen LogP contribution in [0.5, 0.6) is 0 Å². The summed E-state index contributed by atoms with van der Waals surface area (Å²) in [6.45, 7) is 4.33. The summed E-state index contributed by atoms with van der Waals surface area (Å²) in [6.07, 6.45) is 0. The molecule has 0 atom stereocenters. The Bertz CT molecular complexity index is 307. The quantitative estimate of drug-likeness (QED) is 0.761. The summed E-state index contributed by atoms with van der Waals surface area (Å²) in [6, 6.07) is 0. The van der Waals surface area contributed by atoms with Gasteiger partial charge in [-0.25, -0.2) is 0 Å². The molecule has 78 valence electrons. The van der Waals surface area contributed by atoms with Crippen molar-refractivity contribution in [2.45, 2.75) is 13.8 Å². The first-order valence-electron chi connectivity index (χ1n) is 4.44. The molecule has 0 aliphatic rings. The molecule has 1 aromatic heterocycles. The standard InChI is InChI=1S/C10H13BrOS2/c1-7(2)3-13-6-10(12)8-4-14-5-9(8)11/h4-5,7H,3,6H2,1-2H3. The van der Waals surface area contributed by atoms with Crippen LogP contribution < -0.4 is 0 Å². The Kier molecular flexibility index (Phi) is 5.20. The van der Waals surface area contributed by atoms with Crippen molar-refractivity contribution >= 4 is 44.8 Å². The first-order chi connectivity index (χ1) is 6.61. The lowest BCUT2D eigenvalue weighted by Gasteiger charge is -2.03. The average molecular weight is 293 g/mol. The van der Waals surface area contributed by atoms with Gasteiger partial charge < -0.3 is 0 Å². The lowest BCUT2D eigenvalue weighted by molar-refractivity contribution is 0.102. The van der Waals surface area contributed by atoms with E-state index < -0.39 is 0 Å². The molecule has 1 aromatic rings. The molecule has 1 nitrogen and oxygen atoms in total. The van der Waals surface area contributed by atoms with Crippen LogP contribution in [0.25, 0.3) is 0 Å². The molecule has 1 rings (SSSR count). The SMILES string of the molecule is CC(C)CSCC(=O)c1cscc1Br. The Morgan fingerprint density at radius 3 is 2.79 bits per heavy atom. The van der Waals surface area contributed by atoms with E-state index >= 15 is 0 Å². The molecule has 4 heteroatoms. The average Bonchev–Trinajstić information content (AvgIpc) is 2.50. The highest BCUT2D eigenvalue weighted by molar-refractivity contribution is 9.10. The summed E-state index contributed by atoms with van der Waals surface area (Å²) in [4.78, 5) is 11.7. The molecule has 14 heavy (non-hydrogen) atoms. The maximum absolute atomic E-state index is 11.7. The number of rotatable bonds is 5. The van der Waals surface area contributed by atoms with Crippen LogP contribution in [0.15, 0.2) is 15.2 Å². The summed E-state index contributed by atoms with van der Waals surface area (Å²) >= 11 is 6.64. The van der Waals surface area contributed by atoms with Gasteiger partial charge in [-0.2, -0.15) is 23.1 Å². The van der Waals surface area contributed by atoms with E-state index in [0.717, 1.165) is 15.8 Å². The molecule has 0 spiro atoms. The third kappa shape index (κ3) is 3.75. The third-order valence-electron chi connectivity index (χ3n) is 1.60. The normalized spacial score (nSPS) is 10.9. The maximum atomic E-state index is 11.7. The van der Waals surface area contributed by atoms with Gasteiger partial charge in [-0.3, -0.25) is 4.79 Å². The Morgan fingerprint density at radius 2 is 2.29 bits per heavy atom. The van der Waals surface area contributed by atoms with Crippen molar-refractivity contribution in [3.05, 3.63) is 20.8 Å². The molecule has 0 aliphatic carbocycles. The second-order valence-electron chi connectivity index (χ2n) is 3.47. The number of thioether (sulfide) groups is 1. The largest absolute Gasteiger partial charge is 0.293 e. The van der Waals surface area contributed by atoms with Crippen LogP contribution >= 0.6 is 39.0 Å². The highest BCUT2D eigenvalue weighted by atomic mass is 79.9. The lowest BCUT2D eigenvalue weighted by Crippen LogP contribution is -2.03. The van der Waals surface area contributed by atoms with Crippen LogP contribution in [0, 0.1) is 5.92 Å². The highest BCUT2D eigenvalue weighted by Gasteiger charge is 2.10. The van der Waals surface area contributed by atoms with Crippen LogP contribution in [-0.4, -0.2) is 17.3 Å². The first kappa shape index (κ1) is 12.3. The zero-order chi connectivity index (χ0) is 10.6. The molecule has 0 aliphatic heterocycles. The number of carbonyl (C=O) groups is 1. The van der Waals surface area contributed by atoms with E-state index in [1.54, 1.807) is 23.1 Å². The van der Waals surface area contributed by atoms with Crippen molar-refractivity contribution in [2.24, 2.45) is 5.92 Å². The van der Waals surface area contributed by atoms with Crippen LogP contribution in [0.4, 0.5) is 0 Å². The lowest BCUT2D eigenvalue weighted by atomic mass is 10.2. The minimum atomic E-state index is 0.226. The van der Waals surface area contributed by atoms with Gasteiger partial charge in [0.2, 0.25) is 0 Å². The van der Waals surface area contributed by atoms with Gasteiger partial charge in [0.25, 0.3) is 0 Å². The predicted octanol–water partition coefficient (Wildman–Crippen LogP) is 4.08. The fraction of sp³-hybridized carbons (Fsp3) is 0.500.